The summed E-state index contributed by atoms with van der Waals surface area (Å²) in [5.41, 5.74) is 0.221. The zero-order valence-electron chi connectivity index (χ0n) is 22.4. The highest BCUT2D eigenvalue weighted by Gasteiger charge is 2.58. The maximum Gasteiger partial charge on any atom is 0.269 e. The third-order valence-corrected chi connectivity index (χ3v) is 9.51. The fraction of sp³-hybridized carbons (Fsp3) is 0.414. The van der Waals surface area contributed by atoms with Gasteiger partial charge < -0.3 is 15.1 Å². The molecule has 1 N–H and O–H groups in total. The van der Waals surface area contributed by atoms with Crippen molar-refractivity contribution in [3.05, 3.63) is 84.7 Å². The molecule has 4 unspecified atom stereocenters. The van der Waals surface area contributed by atoms with Gasteiger partial charge in [-0.25, -0.2) is 0 Å². The Hall–Kier alpha value is -3.41. The van der Waals surface area contributed by atoms with Crippen LogP contribution in [0.1, 0.15) is 52.3 Å². The molecule has 11 heteroatoms. The number of nitro benzene ring substituents is 1. The van der Waals surface area contributed by atoms with Crippen LogP contribution in [0, 0.1) is 22.0 Å². The molecule has 2 saturated heterocycles. The lowest BCUT2D eigenvalue weighted by molar-refractivity contribution is -0.384. The molecular formula is C29H32N4O5S2. The number of nitro groups is 1. The number of hydrogen-bond acceptors (Lipinski definition) is 8. The second-order valence-electron chi connectivity index (χ2n) is 10.6. The predicted octanol–water partition coefficient (Wildman–Crippen LogP) is 4.73. The maximum absolute atomic E-state index is 14.4. The van der Waals surface area contributed by atoms with E-state index < -0.39 is 28.8 Å². The third kappa shape index (κ3) is 5.45. The van der Waals surface area contributed by atoms with Crippen LogP contribution in [0.5, 0.6) is 0 Å². The van der Waals surface area contributed by atoms with Gasteiger partial charge in [0.25, 0.3) is 5.69 Å². The summed E-state index contributed by atoms with van der Waals surface area (Å²) in [6, 6.07) is 11.8. The number of carbonyl (C=O) groups is 3. The molecule has 2 fully saturated rings. The molecule has 210 valence electrons. The van der Waals surface area contributed by atoms with Crippen LogP contribution < -0.4 is 5.32 Å². The molecule has 0 bridgehead atoms. The molecule has 2 aromatic heterocycles. The van der Waals surface area contributed by atoms with Crippen LogP contribution >= 0.6 is 22.7 Å². The molecule has 4 heterocycles. The molecule has 2 aliphatic rings. The highest BCUT2D eigenvalue weighted by Crippen LogP contribution is 2.53. The molecule has 0 radical (unpaired) electrons. The fourth-order valence-corrected chi connectivity index (χ4v) is 7.63. The van der Waals surface area contributed by atoms with Crippen molar-refractivity contribution in [3.63, 3.8) is 0 Å². The molecule has 9 nitrogen and oxygen atoms in total. The predicted molar refractivity (Wildman–Crippen MR) is 155 cm³/mol. The van der Waals surface area contributed by atoms with Crippen LogP contribution in [-0.2, 0) is 9.59 Å². The van der Waals surface area contributed by atoms with Gasteiger partial charge in [-0.05, 0) is 40.9 Å². The number of nitrogens with one attached hydrogen (secondary N) is 1. The lowest BCUT2D eigenvalue weighted by atomic mass is 9.79. The van der Waals surface area contributed by atoms with E-state index in [1.54, 1.807) is 4.90 Å². The lowest BCUT2D eigenvalue weighted by Gasteiger charge is -2.36. The first-order valence-electron chi connectivity index (χ1n) is 13.4. The molecule has 1 aromatic carbocycles. The van der Waals surface area contributed by atoms with Gasteiger partial charge in [0.2, 0.25) is 11.8 Å². The molecule has 0 spiro atoms. The van der Waals surface area contributed by atoms with Crippen molar-refractivity contribution in [1.82, 2.24) is 15.1 Å². The summed E-state index contributed by atoms with van der Waals surface area (Å²) in [5.74, 6) is -1.76. The Morgan fingerprint density at radius 3 is 2.17 bits per heavy atom. The average molecular weight is 581 g/mol. The van der Waals surface area contributed by atoms with Gasteiger partial charge in [0, 0.05) is 66.0 Å². The minimum absolute atomic E-state index is 0.0658. The highest BCUT2D eigenvalue weighted by molar-refractivity contribution is 7.10. The van der Waals surface area contributed by atoms with Crippen molar-refractivity contribution in [1.29, 1.82) is 0 Å². The first-order chi connectivity index (χ1) is 19.3. The summed E-state index contributed by atoms with van der Waals surface area (Å²) in [7, 11) is 0. The van der Waals surface area contributed by atoms with Gasteiger partial charge in [-0.2, -0.15) is 0 Å². The number of benzene rings is 1. The molecule has 3 aromatic rings. The maximum atomic E-state index is 14.4. The van der Waals surface area contributed by atoms with E-state index in [4.69, 9.17) is 0 Å². The normalized spacial score (nSPS) is 23.0. The van der Waals surface area contributed by atoms with E-state index in [9.17, 15) is 24.5 Å². The van der Waals surface area contributed by atoms with Crippen molar-refractivity contribution >= 4 is 46.0 Å². The minimum atomic E-state index is -0.845. The Kier molecular flexibility index (Phi) is 8.43. The van der Waals surface area contributed by atoms with E-state index in [2.05, 4.69) is 5.32 Å². The Labute approximate surface area is 240 Å². The number of carbonyl (C=O) groups excluding carboxylic acids is 3. The van der Waals surface area contributed by atoms with Crippen LogP contribution in [0.3, 0.4) is 0 Å². The number of Topliss-reactive ketones (excluding diaryl/α,β-unsaturated/α-hetero) is 1. The van der Waals surface area contributed by atoms with E-state index in [-0.39, 0.29) is 35.6 Å². The second kappa shape index (κ2) is 12.0. The Morgan fingerprint density at radius 1 is 1.00 bits per heavy atom. The largest absolute Gasteiger partial charge is 0.338 e. The summed E-state index contributed by atoms with van der Waals surface area (Å²) in [6.07, 6.45) is 0.253. The summed E-state index contributed by atoms with van der Waals surface area (Å²) in [6.45, 7) is 6.34. The highest BCUT2D eigenvalue weighted by atomic mass is 32.1. The van der Waals surface area contributed by atoms with E-state index in [0.29, 0.717) is 31.7 Å². The van der Waals surface area contributed by atoms with E-state index in [0.717, 1.165) is 9.75 Å². The molecule has 5 rings (SSSR count). The summed E-state index contributed by atoms with van der Waals surface area (Å²) in [5, 5.41) is 18.4. The van der Waals surface area contributed by atoms with Gasteiger partial charge >= 0.3 is 0 Å². The van der Waals surface area contributed by atoms with Gasteiger partial charge in [-0.1, -0.05) is 26.0 Å². The van der Waals surface area contributed by atoms with Crippen molar-refractivity contribution in [2.24, 2.45) is 11.8 Å². The second-order valence-corrected chi connectivity index (χ2v) is 12.6. The third-order valence-electron chi connectivity index (χ3n) is 7.59. The first kappa shape index (κ1) is 28.1. The topological polar surface area (TPSA) is 113 Å². The first-order valence-corrected chi connectivity index (χ1v) is 15.2. The van der Waals surface area contributed by atoms with Gasteiger partial charge in [-0.3, -0.25) is 24.5 Å². The molecule has 2 amide bonds. The number of rotatable bonds is 8. The van der Waals surface area contributed by atoms with E-state index in [1.165, 1.54) is 46.9 Å². The van der Waals surface area contributed by atoms with E-state index >= 15 is 0 Å². The average Bonchev–Trinajstić information content (AvgIpc) is 3.72. The number of piperazine rings is 1. The van der Waals surface area contributed by atoms with E-state index in [1.807, 2.05) is 53.8 Å². The Bertz CT molecular complexity index is 1350. The van der Waals surface area contributed by atoms with Gasteiger partial charge in [0.1, 0.15) is 6.04 Å². The number of non-ortho nitro benzene ring substituents is 1. The van der Waals surface area contributed by atoms with Gasteiger partial charge in [-0.15, -0.1) is 22.7 Å². The van der Waals surface area contributed by atoms with Crippen LogP contribution in [0.4, 0.5) is 5.69 Å². The summed E-state index contributed by atoms with van der Waals surface area (Å²) < 4.78 is 0. The Balaban J connectivity index is 1.68. The zero-order chi connectivity index (χ0) is 28.4. The minimum Gasteiger partial charge on any atom is -0.338 e. The van der Waals surface area contributed by atoms with Crippen LogP contribution in [0.25, 0.3) is 0 Å². The molecule has 4 atom stereocenters. The number of amides is 2. The SMILES string of the molecule is CC(C)CC(=O)N1C(C(=O)N2CCNCC2)C(c2cccs2)C(C(=O)c2ccc([N+](=O)[O-])cc2)C1c1cccs1. The molecule has 0 saturated carbocycles. The number of nitrogens with zero attached hydrogens (tertiary/aromatic N) is 3. The van der Waals surface area contributed by atoms with Crippen molar-refractivity contribution < 1.29 is 19.3 Å². The molecular weight excluding hydrogens is 548 g/mol. The van der Waals surface area contributed by atoms with Crippen molar-refractivity contribution in [2.75, 3.05) is 26.2 Å². The molecule has 0 aliphatic carbocycles. The van der Waals surface area contributed by atoms with Crippen LogP contribution in [-0.4, -0.2) is 64.5 Å². The number of hydrogen-bond donors (Lipinski definition) is 1. The molecule has 2 aliphatic heterocycles. The number of likely N-dealkylation sites (tertiary alicyclic amines) is 1. The van der Waals surface area contributed by atoms with Crippen molar-refractivity contribution in [2.45, 2.75) is 38.3 Å². The quantitative estimate of drug-likeness (QED) is 0.234. The number of thiophene rings is 2. The smallest absolute Gasteiger partial charge is 0.269 e. The van der Waals surface area contributed by atoms with Crippen LogP contribution in [0.2, 0.25) is 0 Å². The van der Waals surface area contributed by atoms with Gasteiger partial charge in [0.15, 0.2) is 5.78 Å². The lowest BCUT2D eigenvalue weighted by Crippen LogP contribution is -2.54. The Morgan fingerprint density at radius 2 is 1.62 bits per heavy atom. The van der Waals surface area contributed by atoms with Gasteiger partial charge in [0.05, 0.1) is 16.9 Å². The zero-order valence-corrected chi connectivity index (χ0v) is 24.0. The van der Waals surface area contributed by atoms with Crippen LogP contribution in [0.15, 0.2) is 59.3 Å². The van der Waals surface area contributed by atoms with Crippen molar-refractivity contribution in [3.8, 4) is 0 Å². The summed E-state index contributed by atoms with van der Waals surface area (Å²) >= 11 is 2.94. The number of ketones is 1. The fourth-order valence-electron chi connectivity index (χ4n) is 5.86. The molecule has 40 heavy (non-hydrogen) atoms. The monoisotopic (exact) mass is 580 g/mol. The standard InChI is InChI=1S/C29H32N4O5S2/c1-18(2)17-23(34)32-26(22-6-4-16-40-22)25(28(35)19-7-9-20(10-8-19)33(37)38)24(21-5-3-15-39-21)27(32)29(36)31-13-11-30-12-14-31/h3-10,15-16,18,24-27,30H,11-14,17H2,1-2H3. The summed E-state index contributed by atoms with van der Waals surface area (Å²) in [4.78, 5) is 58.9.